The number of thiophene rings is 1. The number of hydrogen-bond donors (Lipinski definition) is 3. The first kappa shape index (κ1) is 19.1. The van der Waals surface area contributed by atoms with Gasteiger partial charge in [-0.25, -0.2) is 5.26 Å². The summed E-state index contributed by atoms with van der Waals surface area (Å²) in [5.74, 6) is -1.08. The summed E-state index contributed by atoms with van der Waals surface area (Å²) in [5.41, 5.74) is -0.609. The molecule has 0 saturated carbocycles. The van der Waals surface area contributed by atoms with E-state index in [4.69, 9.17) is 0 Å². The molecule has 7 heteroatoms. The van der Waals surface area contributed by atoms with Crippen LogP contribution in [-0.2, 0) is 5.72 Å². The van der Waals surface area contributed by atoms with Gasteiger partial charge in [-0.1, -0.05) is 42.5 Å². The molecular formula is C22H19N5OS. The van der Waals surface area contributed by atoms with E-state index >= 15 is 0 Å². The normalized spacial score (nSPS) is 26.9. The van der Waals surface area contributed by atoms with Gasteiger partial charge in [0.05, 0.1) is 4.88 Å². The topological polar surface area (TPSA) is 95.8 Å². The number of benzene rings is 1. The second-order valence-electron chi connectivity index (χ2n) is 6.83. The van der Waals surface area contributed by atoms with Gasteiger partial charge < -0.3 is 15.7 Å². The van der Waals surface area contributed by atoms with Crippen molar-refractivity contribution in [1.29, 1.82) is 10.5 Å². The zero-order valence-electron chi connectivity index (χ0n) is 15.4. The number of nitrogens with zero attached hydrogens (tertiary/aromatic N) is 3. The van der Waals surface area contributed by atoms with Crippen LogP contribution in [0, 0.1) is 34.9 Å². The van der Waals surface area contributed by atoms with Gasteiger partial charge >= 0.3 is 0 Å². The number of hydrogen-bond acceptors (Lipinski definition) is 6. The third-order valence-corrected chi connectivity index (χ3v) is 6.23. The van der Waals surface area contributed by atoms with Crippen LogP contribution < -0.4 is 15.2 Å². The molecule has 0 radical (unpaired) electrons. The maximum absolute atomic E-state index is 12.0. The molecule has 0 spiro atoms. The van der Waals surface area contributed by atoms with Crippen molar-refractivity contribution in [3.05, 3.63) is 95.0 Å². The lowest BCUT2D eigenvalue weighted by atomic mass is 9.71. The van der Waals surface area contributed by atoms with Crippen LogP contribution in [0.2, 0.25) is 0 Å². The van der Waals surface area contributed by atoms with Gasteiger partial charge in [0.1, 0.15) is 6.19 Å². The lowest BCUT2D eigenvalue weighted by Gasteiger charge is -2.54. The SMILES string of the molecule is N#CN[C-]1N[C@@](O)(c2cccs2)[C@H]([n+]2ccccc2)[C@@H](c2ccccc2)[C@@H]1C#N. The fourth-order valence-corrected chi connectivity index (χ4v) is 4.86. The molecule has 0 unspecified atom stereocenters. The lowest BCUT2D eigenvalue weighted by Crippen LogP contribution is -2.67. The Balaban J connectivity index is 1.96. The summed E-state index contributed by atoms with van der Waals surface area (Å²) < 4.78 is 1.93. The monoisotopic (exact) mass is 401 g/mol. The molecule has 1 fully saturated rings. The van der Waals surface area contributed by atoms with E-state index in [-0.39, 0.29) is 0 Å². The van der Waals surface area contributed by atoms with E-state index in [9.17, 15) is 15.6 Å². The smallest absolute Gasteiger partial charge is 0.208 e. The molecule has 6 nitrogen and oxygen atoms in total. The number of nitrogens with one attached hydrogen (secondary N) is 2. The van der Waals surface area contributed by atoms with E-state index < -0.39 is 23.6 Å². The van der Waals surface area contributed by atoms with Crippen LogP contribution in [0.5, 0.6) is 0 Å². The Morgan fingerprint density at radius 2 is 1.79 bits per heavy atom. The third kappa shape index (κ3) is 3.37. The fourth-order valence-electron chi connectivity index (χ4n) is 4.04. The molecule has 2 aromatic heterocycles. The highest BCUT2D eigenvalue weighted by molar-refractivity contribution is 7.10. The van der Waals surface area contributed by atoms with Gasteiger partial charge in [0.25, 0.3) is 0 Å². The van der Waals surface area contributed by atoms with Crippen molar-refractivity contribution in [2.75, 3.05) is 0 Å². The lowest BCUT2D eigenvalue weighted by molar-refractivity contribution is -0.746. The highest BCUT2D eigenvalue weighted by atomic mass is 32.1. The molecule has 3 heterocycles. The highest BCUT2D eigenvalue weighted by Gasteiger charge is 2.55. The number of aliphatic hydroxyl groups is 1. The summed E-state index contributed by atoms with van der Waals surface area (Å²) in [6.45, 7) is 0. The van der Waals surface area contributed by atoms with Gasteiger partial charge in [0.15, 0.2) is 18.1 Å². The Bertz CT molecular complexity index is 1030. The minimum atomic E-state index is -1.52. The number of rotatable bonds is 4. The van der Waals surface area contributed by atoms with E-state index in [1.807, 2.05) is 89.2 Å². The summed E-state index contributed by atoms with van der Waals surface area (Å²) in [6, 6.07) is 20.9. The van der Waals surface area contributed by atoms with Crippen molar-refractivity contribution in [2.45, 2.75) is 17.7 Å². The van der Waals surface area contributed by atoms with Crippen LogP contribution in [0.1, 0.15) is 22.4 Å². The Morgan fingerprint density at radius 3 is 2.41 bits per heavy atom. The van der Waals surface area contributed by atoms with Crippen molar-refractivity contribution >= 4 is 11.3 Å². The largest absolute Gasteiger partial charge is 0.454 e. The van der Waals surface area contributed by atoms with E-state index in [0.717, 1.165) is 5.56 Å². The Kier molecular flexibility index (Phi) is 5.28. The molecule has 3 N–H and O–H groups in total. The molecule has 1 aliphatic heterocycles. The number of aromatic nitrogens is 1. The van der Waals surface area contributed by atoms with E-state index in [1.54, 1.807) is 0 Å². The maximum atomic E-state index is 12.0. The minimum Gasteiger partial charge on any atom is -0.454 e. The average molecular weight is 401 g/mol. The van der Waals surface area contributed by atoms with Crippen molar-refractivity contribution in [3.8, 4) is 12.3 Å². The molecule has 0 aliphatic carbocycles. The molecule has 0 amide bonds. The molecule has 1 saturated heterocycles. The summed E-state index contributed by atoms with van der Waals surface area (Å²) in [7, 11) is 0. The van der Waals surface area contributed by atoms with Crippen molar-refractivity contribution in [2.24, 2.45) is 5.92 Å². The highest BCUT2D eigenvalue weighted by Crippen LogP contribution is 2.49. The van der Waals surface area contributed by atoms with E-state index in [1.165, 1.54) is 11.3 Å². The predicted octanol–water partition coefficient (Wildman–Crippen LogP) is 2.51. The quantitative estimate of drug-likeness (QED) is 0.270. The van der Waals surface area contributed by atoms with E-state index in [2.05, 4.69) is 16.7 Å². The molecule has 29 heavy (non-hydrogen) atoms. The van der Waals surface area contributed by atoms with E-state index in [0.29, 0.717) is 11.0 Å². The molecule has 0 bridgehead atoms. The second kappa shape index (κ2) is 8.02. The van der Waals surface area contributed by atoms with Crippen molar-refractivity contribution < 1.29 is 9.67 Å². The molecule has 144 valence electrons. The van der Waals surface area contributed by atoms with Gasteiger partial charge in [0.2, 0.25) is 6.04 Å². The van der Waals surface area contributed by atoms with Gasteiger partial charge in [-0.2, -0.15) is 9.83 Å². The molecule has 1 aromatic carbocycles. The second-order valence-corrected chi connectivity index (χ2v) is 7.78. The molecule has 3 aromatic rings. The summed E-state index contributed by atoms with van der Waals surface area (Å²) in [5, 5.41) is 38.9. The maximum Gasteiger partial charge on any atom is 0.208 e. The van der Waals surface area contributed by atoms with Crippen molar-refractivity contribution in [3.63, 3.8) is 0 Å². The average Bonchev–Trinajstić information content (AvgIpc) is 3.31. The number of nitriles is 2. The first-order valence-electron chi connectivity index (χ1n) is 9.16. The molecule has 1 aliphatic rings. The zero-order chi connectivity index (χ0) is 20.3. The molecule has 4 rings (SSSR count). The van der Waals surface area contributed by atoms with Crippen LogP contribution in [0.3, 0.4) is 0 Å². The fraction of sp³-hybridized carbons (Fsp3) is 0.182. The summed E-state index contributed by atoms with van der Waals surface area (Å²) in [4.78, 5) is 0.702. The van der Waals surface area contributed by atoms with Crippen LogP contribution in [0.15, 0.2) is 78.4 Å². The van der Waals surface area contributed by atoms with Crippen LogP contribution in [0.4, 0.5) is 0 Å². The summed E-state index contributed by atoms with van der Waals surface area (Å²) in [6.07, 6.45) is 5.97. The summed E-state index contributed by atoms with van der Waals surface area (Å²) >= 11 is 1.42. The van der Waals surface area contributed by atoms with Gasteiger partial charge in [-0.05, 0) is 22.9 Å². The first-order valence-corrected chi connectivity index (χ1v) is 10.0. The first-order chi connectivity index (χ1) is 14.2. The Labute approximate surface area is 173 Å². The number of piperidine rings is 1. The van der Waals surface area contributed by atoms with Crippen LogP contribution in [0.25, 0.3) is 0 Å². The molecular weight excluding hydrogens is 382 g/mol. The minimum absolute atomic E-state index is 0.299. The van der Waals surface area contributed by atoms with Crippen LogP contribution in [-0.4, -0.2) is 5.11 Å². The Hall–Kier alpha value is -3.23. The standard InChI is InChI=1S/C22H19N5OS/c23-14-17-19(16-8-3-1-4-9-16)20(27-11-5-2-6-12-27)22(28,18-10-7-13-29-18)26-21(17)25-15-24/h1-13,17,19-20,25-26,28H/t17-,19-,20+,22+/m0/s1. The van der Waals surface area contributed by atoms with Gasteiger partial charge in [-0.15, -0.1) is 17.5 Å². The third-order valence-electron chi connectivity index (χ3n) is 5.23. The van der Waals surface area contributed by atoms with Gasteiger partial charge in [0, 0.05) is 24.1 Å². The van der Waals surface area contributed by atoms with Crippen molar-refractivity contribution in [1.82, 2.24) is 10.6 Å². The molecule has 4 atom stereocenters. The zero-order valence-corrected chi connectivity index (χ0v) is 16.3. The predicted molar refractivity (Wildman–Crippen MR) is 107 cm³/mol. The van der Waals surface area contributed by atoms with Crippen LogP contribution >= 0.6 is 11.3 Å². The number of pyridine rings is 1. The Morgan fingerprint density at radius 1 is 1.07 bits per heavy atom. The van der Waals surface area contributed by atoms with Gasteiger partial charge in [-0.3, -0.25) is 0 Å².